The Bertz CT molecular complexity index is 1020. The average molecular weight is 482 g/mol. The Hall–Kier alpha value is -2.28. The van der Waals surface area contributed by atoms with Gasteiger partial charge < -0.3 is 19.6 Å². The molecule has 4 fully saturated rings. The van der Waals surface area contributed by atoms with E-state index in [-0.39, 0.29) is 5.60 Å². The molecular formula is C28H39N3O4. The molecule has 1 aromatic carbocycles. The van der Waals surface area contributed by atoms with Crippen molar-refractivity contribution in [2.75, 3.05) is 32.8 Å². The van der Waals surface area contributed by atoms with Crippen LogP contribution < -0.4 is 4.74 Å². The molecule has 2 aliphatic carbocycles. The Morgan fingerprint density at radius 3 is 2.43 bits per heavy atom. The van der Waals surface area contributed by atoms with E-state index in [4.69, 9.17) is 9.57 Å². The van der Waals surface area contributed by atoms with Crippen LogP contribution in [0.25, 0.3) is 0 Å². The second-order valence-electron chi connectivity index (χ2n) is 11.9. The van der Waals surface area contributed by atoms with Crippen LogP contribution in [-0.4, -0.2) is 65.1 Å². The van der Waals surface area contributed by atoms with Crippen molar-refractivity contribution < 1.29 is 19.5 Å². The van der Waals surface area contributed by atoms with E-state index in [0.29, 0.717) is 19.4 Å². The summed E-state index contributed by atoms with van der Waals surface area (Å²) in [6.45, 7) is 8.73. The van der Waals surface area contributed by atoms with Gasteiger partial charge in [-0.1, -0.05) is 17.6 Å². The highest BCUT2D eigenvalue weighted by Gasteiger charge is 2.51. The number of carboxylic acids is 1. The molecule has 7 nitrogen and oxygen atoms in total. The Morgan fingerprint density at radius 1 is 1.14 bits per heavy atom. The summed E-state index contributed by atoms with van der Waals surface area (Å²) in [6.07, 6.45) is 8.79. The van der Waals surface area contributed by atoms with Crippen LogP contribution in [0.4, 0.5) is 0 Å². The molecule has 3 heterocycles. The second-order valence-corrected chi connectivity index (χ2v) is 11.9. The van der Waals surface area contributed by atoms with Gasteiger partial charge in [0.25, 0.3) is 0 Å². The number of hydrogen-bond acceptors (Lipinski definition) is 6. The van der Waals surface area contributed by atoms with E-state index in [1.54, 1.807) is 11.1 Å². The Labute approximate surface area is 208 Å². The van der Waals surface area contributed by atoms with Crippen molar-refractivity contribution in [3.05, 3.63) is 28.8 Å². The van der Waals surface area contributed by atoms with Crippen LogP contribution in [0.5, 0.6) is 5.75 Å². The lowest BCUT2D eigenvalue weighted by molar-refractivity contribution is -0.150. The molecule has 5 aliphatic rings. The molecule has 2 saturated carbocycles. The number of amidine groups is 1. The predicted molar refractivity (Wildman–Crippen MR) is 134 cm³/mol. The third kappa shape index (κ3) is 4.30. The van der Waals surface area contributed by atoms with Crippen molar-refractivity contribution in [2.24, 2.45) is 10.6 Å². The zero-order chi connectivity index (χ0) is 24.2. The first kappa shape index (κ1) is 23.1. The van der Waals surface area contributed by atoms with Crippen molar-refractivity contribution in [1.82, 2.24) is 9.80 Å². The van der Waals surface area contributed by atoms with Gasteiger partial charge in [0.05, 0.1) is 18.4 Å². The van der Waals surface area contributed by atoms with Gasteiger partial charge in [-0.15, -0.1) is 0 Å². The van der Waals surface area contributed by atoms with Crippen LogP contribution in [0.2, 0.25) is 0 Å². The van der Waals surface area contributed by atoms with Crippen LogP contribution in [0.1, 0.15) is 93.7 Å². The van der Waals surface area contributed by atoms with E-state index in [1.807, 2.05) is 6.92 Å². The zero-order valence-electron chi connectivity index (χ0n) is 21.2. The van der Waals surface area contributed by atoms with E-state index in [9.17, 15) is 9.90 Å². The number of nitrogens with zero attached hydrogens (tertiary/aromatic N) is 3. The highest BCUT2D eigenvalue weighted by atomic mass is 16.7. The van der Waals surface area contributed by atoms with Gasteiger partial charge >= 0.3 is 5.97 Å². The molecule has 7 heteroatoms. The maximum Gasteiger partial charge on any atom is 0.309 e. The topological polar surface area (TPSA) is 74.6 Å². The van der Waals surface area contributed by atoms with E-state index >= 15 is 0 Å². The minimum Gasteiger partial charge on any atom is -0.494 e. The number of ether oxygens (including phenoxy) is 1. The van der Waals surface area contributed by atoms with Gasteiger partial charge in [-0.3, -0.25) is 9.69 Å². The molecule has 1 spiro atoms. The number of likely N-dealkylation sites (tertiary alicyclic amines) is 2. The molecular weight excluding hydrogens is 442 g/mol. The normalized spacial score (nSPS) is 25.5. The van der Waals surface area contributed by atoms with E-state index in [0.717, 1.165) is 62.6 Å². The van der Waals surface area contributed by atoms with Gasteiger partial charge in [0, 0.05) is 38.3 Å². The highest BCUT2D eigenvalue weighted by Crippen LogP contribution is 2.49. The molecule has 0 amide bonds. The molecule has 6 rings (SSSR count). The van der Waals surface area contributed by atoms with Crippen LogP contribution in [-0.2, 0) is 16.2 Å². The lowest BCUT2D eigenvalue weighted by Gasteiger charge is -2.46. The summed E-state index contributed by atoms with van der Waals surface area (Å²) in [6, 6.07) is 4.84. The monoisotopic (exact) mass is 481 g/mol. The van der Waals surface area contributed by atoms with Gasteiger partial charge in [0.2, 0.25) is 0 Å². The Kier molecular flexibility index (Phi) is 5.74. The van der Waals surface area contributed by atoms with Crippen molar-refractivity contribution in [3.63, 3.8) is 0 Å². The highest BCUT2D eigenvalue weighted by molar-refractivity contribution is 5.85. The van der Waals surface area contributed by atoms with Gasteiger partial charge in [-0.25, -0.2) is 0 Å². The number of carboxylic acid groups (broad SMARTS) is 1. The molecule has 190 valence electrons. The molecule has 0 bridgehead atoms. The number of carbonyl (C=O) groups is 1. The first-order chi connectivity index (χ1) is 16.9. The average Bonchev–Trinajstić information content (AvgIpc) is 3.53. The van der Waals surface area contributed by atoms with Crippen LogP contribution in [0.3, 0.4) is 0 Å². The lowest BCUT2D eigenvalue weighted by atomic mass is 9.77. The predicted octanol–water partition coefficient (Wildman–Crippen LogP) is 4.71. The van der Waals surface area contributed by atoms with Crippen molar-refractivity contribution in [2.45, 2.75) is 89.2 Å². The van der Waals surface area contributed by atoms with Crippen molar-refractivity contribution in [1.29, 1.82) is 0 Å². The summed E-state index contributed by atoms with van der Waals surface area (Å²) in [7, 11) is 0. The molecule has 3 aliphatic heterocycles. The lowest BCUT2D eigenvalue weighted by Crippen LogP contribution is -2.61. The van der Waals surface area contributed by atoms with Gasteiger partial charge in [0.1, 0.15) is 11.6 Å². The fourth-order valence-corrected chi connectivity index (χ4v) is 6.33. The van der Waals surface area contributed by atoms with Gasteiger partial charge in [-0.05, 0) is 81.4 Å². The summed E-state index contributed by atoms with van der Waals surface area (Å²) >= 11 is 0. The maximum atomic E-state index is 11.6. The molecule has 0 aromatic heterocycles. The molecule has 35 heavy (non-hydrogen) atoms. The van der Waals surface area contributed by atoms with E-state index in [1.165, 1.54) is 37.7 Å². The Morgan fingerprint density at radius 2 is 1.83 bits per heavy atom. The third-order valence-corrected chi connectivity index (χ3v) is 9.12. The zero-order valence-corrected chi connectivity index (χ0v) is 21.2. The number of hydrogen-bond donors (Lipinski definition) is 1. The summed E-state index contributed by atoms with van der Waals surface area (Å²) in [5.74, 6) is 2.86. The number of aliphatic carboxylic acids is 1. The quantitative estimate of drug-likeness (QED) is 0.608. The molecule has 2 saturated heterocycles. The molecule has 0 atom stereocenters. The standard InChI is InChI=1S/C28H39N3O4/c1-3-34-24-14-23(19-5-4-6-19)22(20-7-8-20)13-21(24)16-30-17-28(18-30)15-25(29-35-28)31-11-9-27(2,10-12-31)26(32)33/h13-14,19-20H,3-12,15-18H2,1-2H3,(H,32,33). The summed E-state index contributed by atoms with van der Waals surface area (Å²) in [4.78, 5) is 22.2. The molecule has 0 unspecified atom stereocenters. The van der Waals surface area contributed by atoms with Crippen molar-refractivity contribution >= 4 is 11.8 Å². The molecule has 0 radical (unpaired) electrons. The number of oxime groups is 1. The molecule has 1 aromatic rings. The largest absolute Gasteiger partial charge is 0.494 e. The van der Waals surface area contributed by atoms with E-state index in [2.05, 4.69) is 34.0 Å². The fourth-order valence-electron chi connectivity index (χ4n) is 6.33. The van der Waals surface area contributed by atoms with Crippen LogP contribution in [0.15, 0.2) is 17.3 Å². The number of piperidine rings is 1. The first-order valence-electron chi connectivity index (χ1n) is 13.6. The minimum atomic E-state index is -0.690. The molecule has 1 N–H and O–H groups in total. The summed E-state index contributed by atoms with van der Waals surface area (Å²) < 4.78 is 6.14. The van der Waals surface area contributed by atoms with Crippen LogP contribution >= 0.6 is 0 Å². The summed E-state index contributed by atoms with van der Waals surface area (Å²) in [5, 5.41) is 14.0. The number of rotatable bonds is 7. The third-order valence-electron chi connectivity index (χ3n) is 9.12. The smallest absolute Gasteiger partial charge is 0.309 e. The first-order valence-corrected chi connectivity index (χ1v) is 13.6. The maximum absolute atomic E-state index is 11.6. The van der Waals surface area contributed by atoms with Gasteiger partial charge in [-0.2, -0.15) is 0 Å². The second kappa shape index (κ2) is 8.68. The summed E-state index contributed by atoms with van der Waals surface area (Å²) in [5.41, 5.74) is 3.62. The fraction of sp³-hybridized carbons (Fsp3) is 0.714. The SMILES string of the molecule is CCOc1cc(C2CCC2)c(C2CC2)cc1CN1CC2(CC(N3CCC(C)(C(=O)O)CC3)=NO2)C1. The van der Waals surface area contributed by atoms with Crippen LogP contribution in [0, 0.1) is 5.41 Å². The van der Waals surface area contributed by atoms with E-state index < -0.39 is 11.4 Å². The van der Waals surface area contributed by atoms with Gasteiger partial charge in [0.15, 0.2) is 5.60 Å². The minimum absolute atomic E-state index is 0.222. The number of benzene rings is 1. The van der Waals surface area contributed by atoms with Crippen molar-refractivity contribution in [3.8, 4) is 5.75 Å². The Balaban J connectivity index is 1.08.